The minimum absolute atomic E-state index is 0.277. The fraction of sp³-hybridized carbons (Fsp3) is 0.562. The fourth-order valence-corrected chi connectivity index (χ4v) is 2.43. The van der Waals surface area contributed by atoms with E-state index >= 15 is 0 Å². The third kappa shape index (κ3) is 3.33. The summed E-state index contributed by atoms with van der Waals surface area (Å²) in [4.78, 5) is 0. The molecule has 0 saturated heterocycles. The zero-order chi connectivity index (χ0) is 13.1. The second kappa shape index (κ2) is 5.36. The normalized spacial score (nSPS) is 21.4. The fourth-order valence-electron chi connectivity index (χ4n) is 2.43. The summed E-state index contributed by atoms with van der Waals surface area (Å²) in [5.74, 6) is 0. The predicted molar refractivity (Wildman–Crippen MR) is 73.5 cm³/mol. The van der Waals surface area contributed by atoms with Gasteiger partial charge in [-0.3, -0.25) is 0 Å². The summed E-state index contributed by atoms with van der Waals surface area (Å²) >= 11 is 0. The lowest BCUT2D eigenvalue weighted by Gasteiger charge is -2.33. The first-order chi connectivity index (χ1) is 7.88. The van der Waals surface area contributed by atoms with Crippen molar-refractivity contribution in [3.05, 3.63) is 34.4 Å². The number of nitrogens with zero attached hydrogens (tertiary/aromatic N) is 1. The van der Waals surface area contributed by atoms with E-state index in [-0.39, 0.29) is 5.41 Å². The van der Waals surface area contributed by atoms with Gasteiger partial charge < -0.3 is 0 Å². The second-order valence-electron chi connectivity index (χ2n) is 5.68. The van der Waals surface area contributed by atoms with Crippen LogP contribution in [0.25, 0.3) is 0 Å². The van der Waals surface area contributed by atoms with Gasteiger partial charge in [-0.2, -0.15) is 5.26 Å². The minimum atomic E-state index is 0.277. The highest BCUT2D eigenvalue weighted by Crippen LogP contribution is 2.40. The van der Waals surface area contributed by atoms with Crippen molar-refractivity contribution in [1.82, 2.24) is 0 Å². The second-order valence-corrected chi connectivity index (χ2v) is 5.68. The number of hydrogen-bond acceptors (Lipinski definition) is 1. The van der Waals surface area contributed by atoms with E-state index in [1.54, 1.807) is 0 Å². The zero-order valence-electron chi connectivity index (χ0n) is 11.7. The van der Waals surface area contributed by atoms with Gasteiger partial charge in [0.2, 0.25) is 0 Å². The molecule has 0 heterocycles. The Morgan fingerprint density at radius 2 is 2.00 bits per heavy atom. The van der Waals surface area contributed by atoms with Crippen LogP contribution in [0.2, 0.25) is 0 Å². The minimum Gasteiger partial charge on any atom is -0.193 e. The highest BCUT2D eigenvalue weighted by atomic mass is 14.4. The molecule has 1 nitrogen and oxygen atoms in total. The standard InChI is InChI=1S/C16H23N/c1-12(14(3)11-17)8-9-15-13(2)7-6-10-16(15,4)5/h8-9H,6-7,10H2,1-5H3/b9-8+,14-12+/i14+1. The van der Waals surface area contributed by atoms with Gasteiger partial charge in [-0.1, -0.05) is 31.6 Å². The van der Waals surface area contributed by atoms with Gasteiger partial charge in [0.25, 0.3) is 0 Å². The van der Waals surface area contributed by atoms with E-state index in [1.807, 2.05) is 13.8 Å². The Morgan fingerprint density at radius 1 is 1.35 bits per heavy atom. The van der Waals surface area contributed by atoms with Gasteiger partial charge in [-0.15, -0.1) is 0 Å². The van der Waals surface area contributed by atoms with Crippen LogP contribution in [0.1, 0.15) is 53.9 Å². The molecule has 0 aromatic carbocycles. The molecular weight excluding hydrogens is 207 g/mol. The first-order valence-corrected chi connectivity index (χ1v) is 6.34. The van der Waals surface area contributed by atoms with Crippen LogP contribution < -0.4 is 0 Å². The SMILES string of the molecule is CC1=C(/C=C/C(C)=[13C](\C)C#N)C(C)(C)CCC1. The summed E-state index contributed by atoms with van der Waals surface area (Å²) < 4.78 is 0. The highest BCUT2D eigenvalue weighted by Gasteiger charge is 2.26. The largest absolute Gasteiger partial charge is 0.193 e. The van der Waals surface area contributed by atoms with Gasteiger partial charge in [-0.25, -0.2) is 0 Å². The molecule has 0 bridgehead atoms. The molecule has 1 heteroatoms. The maximum absolute atomic E-state index is 8.84. The van der Waals surface area contributed by atoms with Gasteiger partial charge in [0.05, 0.1) is 6.07 Å². The summed E-state index contributed by atoms with van der Waals surface area (Å²) in [5, 5.41) is 8.84. The van der Waals surface area contributed by atoms with E-state index in [2.05, 4.69) is 39.0 Å². The summed E-state index contributed by atoms with van der Waals surface area (Å²) in [6, 6.07) is 2.20. The highest BCUT2D eigenvalue weighted by molar-refractivity contribution is 5.39. The molecule has 1 aliphatic carbocycles. The maximum atomic E-state index is 8.84. The average molecular weight is 230 g/mol. The van der Waals surface area contributed by atoms with Crippen LogP contribution in [0, 0.1) is 16.7 Å². The van der Waals surface area contributed by atoms with Crippen molar-refractivity contribution in [2.45, 2.75) is 53.9 Å². The molecule has 0 aliphatic heterocycles. The summed E-state index contributed by atoms with van der Waals surface area (Å²) in [6.07, 6.45) is 8.06. The molecule has 17 heavy (non-hydrogen) atoms. The number of rotatable bonds is 2. The molecular formula is C16H23N. The van der Waals surface area contributed by atoms with Gasteiger partial charge in [0, 0.05) is 5.57 Å². The molecule has 1 rings (SSSR count). The summed E-state index contributed by atoms with van der Waals surface area (Å²) in [5.41, 5.74) is 5.09. The van der Waals surface area contributed by atoms with Gasteiger partial charge >= 0.3 is 0 Å². The van der Waals surface area contributed by atoms with Crippen molar-refractivity contribution in [2.75, 3.05) is 0 Å². The molecule has 0 fully saturated rings. The lowest BCUT2D eigenvalue weighted by atomic mass is 9.72. The molecule has 0 N–H and O–H groups in total. The van der Waals surface area contributed by atoms with Crippen LogP contribution in [-0.4, -0.2) is 0 Å². The van der Waals surface area contributed by atoms with Crippen LogP contribution in [0.5, 0.6) is 0 Å². The van der Waals surface area contributed by atoms with E-state index in [0.29, 0.717) is 0 Å². The Bertz CT molecular complexity index is 425. The van der Waals surface area contributed by atoms with Crippen LogP contribution in [0.3, 0.4) is 0 Å². The topological polar surface area (TPSA) is 23.8 Å². The van der Waals surface area contributed by atoms with Crippen molar-refractivity contribution < 1.29 is 0 Å². The van der Waals surface area contributed by atoms with Crippen LogP contribution in [0.15, 0.2) is 34.4 Å². The Kier molecular flexibility index (Phi) is 4.34. The van der Waals surface area contributed by atoms with E-state index in [4.69, 9.17) is 5.26 Å². The van der Waals surface area contributed by atoms with E-state index < -0.39 is 0 Å². The maximum Gasteiger partial charge on any atom is 0.0946 e. The number of nitriles is 1. The zero-order valence-corrected chi connectivity index (χ0v) is 11.7. The molecule has 92 valence electrons. The lowest BCUT2D eigenvalue weighted by Crippen LogP contribution is -2.19. The van der Waals surface area contributed by atoms with Crippen molar-refractivity contribution in [2.24, 2.45) is 5.41 Å². The predicted octanol–water partition coefficient (Wildman–Crippen LogP) is 4.93. The van der Waals surface area contributed by atoms with Crippen molar-refractivity contribution in [1.29, 1.82) is 5.26 Å². The van der Waals surface area contributed by atoms with Crippen LogP contribution in [0.4, 0.5) is 0 Å². The quantitative estimate of drug-likeness (QED) is 0.375. The van der Waals surface area contributed by atoms with E-state index in [9.17, 15) is 0 Å². The Labute approximate surface area is 106 Å². The summed E-state index contributed by atoms with van der Waals surface area (Å²) in [6.45, 7) is 10.7. The van der Waals surface area contributed by atoms with Crippen molar-refractivity contribution in [3.8, 4) is 6.07 Å². The Hall–Kier alpha value is -1.29. The third-order valence-electron chi connectivity index (χ3n) is 3.80. The Morgan fingerprint density at radius 3 is 2.53 bits per heavy atom. The molecule has 0 radical (unpaired) electrons. The average Bonchev–Trinajstić information content (AvgIpc) is 2.26. The lowest BCUT2D eigenvalue weighted by molar-refractivity contribution is 0.377. The van der Waals surface area contributed by atoms with E-state index in [0.717, 1.165) is 11.1 Å². The molecule has 0 spiro atoms. The van der Waals surface area contributed by atoms with Crippen molar-refractivity contribution >= 4 is 0 Å². The monoisotopic (exact) mass is 230 g/mol. The molecule has 0 aromatic rings. The first-order valence-electron chi connectivity index (χ1n) is 6.34. The molecule has 0 atom stereocenters. The molecule has 1 aliphatic rings. The number of hydrogen-bond donors (Lipinski definition) is 0. The van der Waals surface area contributed by atoms with Crippen LogP contribution in [-0.2, 0) is 0 Å². The number of allylic oxidation sites excluding steroid dienone is 6. The third-order valence-corrected chi connectivity index (χ3v) is 3.80. The van der Waals surface area contributed by atoms with Crippen molar-refractivity contribution in [3.63, 3.8) is 0 Å². The Balaban J connectivity index is 3.02. The molecule has 0 saturated carbocycles. The molecule has 0 unspecified atom stereocenters. The molecule has 0 amide bonds. The van der Waals surface area contributed by atoms with E-state index in [1.165, 1.54) is 30.4 Å². The smallest absolute Gasteiger partial charge is 0.0946 e. The van der Waals surface area contributed by atoms with Gasteiger partial charge in [0.1, 0.15) is 0 Å². The first kappa shape index (κ1) is 13.8. The van der Waals surface area contributed by atoms with Crippen LogP contribution >= 0.6 is 0 Å². The molecule has 0 aromatic heterocycles. The van der Waals surface area contributed by atoms with Gasteiger partial charge in [0.15, 0.2) is 0 Å². The van der Waals surface area contributed by atoms with Gasteiger partial charge in [-0.05, 0) is 56.6 Å². The summed E-state index contributed by atoms with van der Waals surface area (Å²) in [7, 11) is 0.